The van der Waals surface area contributed by atoms with Crippen molar-refractivity contribution in [2.45, 2.75) is 26.8 Å². The number of amides is 1. The Morgan fingerprint density at radius 2 is 2.00 bits per heavy atom. The summed E-state index contributed by atoms with van der Waals surface area (Å²) in [6.45, 7) is 5.81. The fourth-order valence-electron chi connectivity index (χ4n) is 2.21. The summed E-state index contributed by atoms with van der Waals surface area (Å²) in [6.07, 6.45) is 0. The van der Waals surface area contributed by atoms with Gasteiger partial charge in [-0.2, -0.15) is 0 Å². The van der Waals surface area contributed by atoms with E-state index in [4.69, 9.17) is 4.74 Å². The van der Waals surface area contributed by atoms with Crippen LogP contribution in [0.5, 0.6) is 5.75 Å². The number of aryl methyl sites for hydroxylation is 2. The topological polar surface area (TPSA) is 51.2 Å². The second-order valence-electron chi connectivity index (χ2n) is 5.10. The molecule has 2 aromatic rings. The largest absolute Gasteiger partial charge is 0.496 e. The predicted octanol–water partition coefficient (Wildman–Crippen LogP) is 3.20. The first kappa shape index (κ1) is 15.0. The highest BCUT2D eigenvalue weighted by molar-refractivity contribution is 5.92. The monoisotopic (exact) mass is 284 g/mol. The summed E-state index contributed by atoms with van der Waals surface area (Å²) >= 11 is 0. The molecule has 4 heteroatoms. The van der Waals surface area contributed by atoms with Crippen LogP contribution >= 0.6 is 0 Å². The van der Waals surface area contributed by atoms with Gasteiger partial charge in [-0.1, -0.05) is 23.8 Å². The van der Waals surface area contributed by atoms with Crippen molar-refractivity contribution in [3.05, 3.63) is 58.9 Å². The molecule has 110 valence electrons. The summed E-state index contributed by atoms with van der Waals surface area (Å²) in [5.41, 5.74) is 3.33. The smallest absolute Gasteiger partial charge is 0.270 e. The standard InChI is InChI=1S/C17H20N2O2/c1-11-8-9-16(21-4)14(10-11)13(3)19-17(20)15-7-5-6-12(2)18-15/h5-10,13H,1-4H3,(H,19,20). The lowest BCUT2D eigenvalue weighted by atomic mass is 10.0. The molecule has 0 aliphatic carbocycles. The maximum atomic E-state index is 12.3. The van der Waals surface area contributed by atoms with Gasteiger partial charge in [0.1, 0.15) is 11.4 Å². The van der Waals surface area contributed by atoms with Gasteiger partial charge in [-0.25, -0.2) is 4.98 Å². The number of nitrogens with one attached hydrogen (secondary N) is 1. The van der Waals surface area contributed by atoms with E-state index in [-0.39, 0.29) is 11.9 Å². The highest BCUT2D eigenvalue weighted by atomic mass is 16.5. The third-order valence-corrected chi connectivity index (χ3v) is 3.32. The molecule has 1 N–H and O–H groups in total. The van der Waals surface area contributed by atoms with Crippen molar-refractivity contribution in [3.63, 3.8) is 0 Å². The fraction of sp³-hybridized carbons (Fsp3) is 0.294. The van der Waals surface area contributed by atoms with E-state index in [1.165, 1.54) is 0 Å². The van der Waals surface area contributed by atoms with Gasteiger partial charge < -0.3 is 10.1 Å². The van der Waals surface area contributed by atoms with Crippen LogP contribution in [-0.2, 0) is 0 Å². The predicted molar refractivity (Wildman–Crippen MR) is 82.6 cm³/mol. The Hall–Kier alpha value is -2.36. The summed E-state index contributed by atoms with van der Waals surface area (Å²) < 4.78 is 5.36. The average Bonchev–Trinajstić information content (AvgIpc) is 2.47. The number of hydrogen-bond acceptors (Lipinski definition) is 3. The molecule has 0 saturated carbocycles. The van der Waals surface area contributed by atoms with Gasteiger partial charge in [0, 0.05) is 11.3 Å². The summed E-state index contributed by atoms with van der Waals surface area (Å²) in [4.78, 5) is 16.5. The van der Waals surface area contributed by atoms with Crippen LogP contribution in [-0.4, -0.2) is 18.0 Å². The van der Waals surface area contributed by atoms with E-state index < -0.39 is 0 Å². The Bertz CT molecular complexity index is 653. The quantitative estimate of drug-likeness (QED) is 0.938. The molecule has 1 heterocycles. The van der Waals surface area contributed by atoms with Crippen LogP contribution in [0.15, 0.2) is 36.4 Å². The number of carbonyl (C=O) groups excluding carboxylic acids is 1. The molecule has 4 nitrogen and oxygen atoms in total. The molecule has 1 amide bonds. The van der Waals surface area contributed by atoms with E-state index in [1.807, 2.05) is 51.1 Å². The minimum atomic E-state index is -0.185. The summed E-state index contributed by atoms with van der Waals surface area (Å²) in [5.74, 6) is 0.584. The van der Waals surface area contributed by atoms with Crippen LogP contribution < -0.4 is 10.1 Å². The molecule has 0 fully saturated rings. The van der Waals surface area contributed by atoms with Crippen molar-refractivity contribution in [3.8, 4) is 5.75 Å². The zero-order chi connectivity index (χ0) is 15.4. The van der Waals surface area contributed by atoms with Crippen molar-refractivity contribution < 1.29 is 9.53 Å². The average molecular weight is 284 g/mol. The van der Waals surface area contributed by atoms with Gasteiger partial charge in [-0.15, -0.1) is 0 Å². The molecule has 0 aliphatic heterocycles. The summed E-state index contributed by atoms with van der Waals surface area (Å²) in [7, 11) is 1.63. The zero-order valence-electron chi connectivity index (χ0n) is 12.8. The van der Waals surface area contributed by atoms with Crippen molar-refractivity contribution in [2.24, 2.45) is 0 Å². The number of aromatic nitrogens is 1. The number of methoxy groups -OCH3 is 1. The van der Waals surface area contributed by atoms with Crippen LogP contribution in [0.4, 0.5) is 0 Å². The Kier molecular flexibility index (Phi) is 4.58. The Balaban J connectivity index is 2.20. The van der Waals surface area contributed by atoms with Crippen molar-refractivity contribution in [1.29, 1.82) is 0 Å². The Morgan fingerprint density at radius 3 is 2.67 bits per heavy atom. The number of pyridine rings is 1. The first-order chi connectivity index (χ1) is 10.0. The van der Waals surface area contributed by atoms with E-state index in [0.717, 1.165) is 22.6 Å². The number of ether oxygens (including phenoxy) is 1. The molecule has 1 aromatic heterocycles. The maximum absolute atomic E-state index is 12.3. The van der Waals surface area contributed by atoms with Crippen molar-refractivity contribution in [2.75, 3.05) is 7.11 Å². The van der Waals surface area contributed by atoms with Gasteiger partial charge in [0.2, 0.25) is 0 Å². The number of rotatable bonds is 4. The Morgan fingerprint density at radius 1 is 1.24 bits per heavy atom. The van der Waals surface area contributed by atoms with E-state index in [2.05, 4.69) is 10.3 Å². The van der Waals surface area contributed by atoms with E-state index in [9.17, 15) is 4.79 Å². The lowest BCUT2D eigenvalue weighted by Gasteiger charge is -2.18. The van der Waals surface area contributed by atoms with Gasteiger partial charge in [0.25, 0.3) is 5.91 Å². The molecule has 1 aromatic carbocycles. The second kappa shape index (κ2) is 6.39. The molecular weight excluding hydrogens is 264 g/mol. The van der Waals surface area contributed by atoms with Crippen LogP contribution in [0.3, 0.4) is 0 Å². The van der Waals surface area contributed by atoms with Crippen LogP contribution in [0.25, 0.3) is 0 Å². The molecule has 0 saturated heterocycles. The van der Waals surface area contributed by atoms with Crippen LogP contribution in [0.2, 0.25) is 0 Å². The first-order valence-electron chi connectivity index (χ1n) is 6.90. The van der Waals surface area contributed by atoms with E-state index in [1.54, 1.807) is 13.2 Å². The number of nitrogens with zero attached hydrogens (tertiary/aromatic N) is 1. The van der Waals surface area contributed by atoms with Gasteiger partial charge in [-0.3, -0.25) is 4.79 Å². The molecular formula is C17H20N2O2. The third-order valence-electron chi connectivity index (χ3n) is 3.32. The maximum Gasteiger partial charge on any atom is 0.270 e. The highest BCUT2D eigenvalue weighted by Gasteiger charge is 2.16. The first-order valence-corrected chi connectivity index (χ1v) is 6.90. The minimum absolute atomic E-state index is 0.158. The van der Waals surface area contributed by atoms with Gasteiger partial charge in [-0.05, 0) is 39.0 Å². The zero-order valence-corrected chi connectivity index (χ0v) is 12.8. The second-order valence-corrected chi connectivity index (χ2v) is 5.10. The number of hydrogen-bond donors (Lipinski definition) is 1. The van der Waals surface area contributed by atoms with Gasteiger partial charge in [0.05, 0.1) is 13.2 Å². The van der Waals surface area contributed by atoms with Crippen molar-refractivity contribution >= 4 is 5.91 Å². The minimum Gasteiger partial charge on any atom is -0.496 e. The molecule has 0 radical (unpaired) electrons. The molecule has 1 atom stereocenters. The number of benzene rings is 1. The third kappa shape index (κ3) is 3.60. The van der Waals surface area contributed by atoms with Gasteiger partial charge in [0.15, 0.2) is 0 Å². The number of carbonyl (C=O) groups is 1. The molecule has 0 aliphatic rings. The van der Waals surface area contributed by atoms with Crippen molar-refractivity contribution in [1.82, 2.24) is 10.3 Å². The molecule has 0 spiro atoms. The van der Waals surface area contributed by atoms with E-state index >= 15 is 0 Å². The van der Waals surface area contributed by atoms with Crippen LogP contribution in [0.1, 0.15) is 40.3 Å². The van der Waals surface area contributed by atoms with Crippen LogP contribution in [0, 0.1) is 13.8 Å². The lowest BCUT2D eigenvalue weighted by molar-refractivity contribution is 0.0934. The summed E-state index contributed by atoms with van der Waals surface area (Å²) in [6, 6.07) is 11.2. The Labute approximate surface area is 125 Å². The molecule has 1 unspecified atom stereocenters. The fourth-order valence-corrected chi connectivity index (χ4v) is 2.21. The SMILES string of the molecule is COc1ccc(C)cc1C(C)NC(=O)c1cccc(C)n1. The molecule has 0 bridgehead atoms. The highest BCUT2D eigenvalue weighted by Crippen LogP contribution is 2.26. The molecule has 2 rings (SSSR count). The normalized spacial score (nSPS) is 11.8. The molecule has 21 heavy (non-hydrogen) atoms. The van der Waals surface area contributed by atoms with Gasteiger partial charge >= 0.3 is 0 Å². The summed E-state index contributed by atoms with van der Waals surface area (Å²) in [5, 5.41) is 2.96. The van der Waals surface area contributed by atoms with E-state index in [0.29, 0.717) is 5.69 Å². The lowest BCUT2D eigenvalue weighted by Crippen LogP contribution is -2.27.